The number of non-ortho nitro benzene ring substituents is 1. The predicted molar refractivity (Wildman–Crippen MR) is 121 cm³/mol. The van der Waals surface area contributed by atoms with Crippen molar-refractivity contribution < 1.29 is 14.5 Å². The van der Waals surface area contributed by atoms with Crippen LogP contribution < -0.4 is 10.2 Å². The van der Waals surface area contributed by atoms with Crippen molar-refractivity contribution in [3.8, 4) is 0 Å². The highest BCUT2D eigenvalue weighted by atomic mass is 16.6. The average molecular weight is 415 g/mol. The second kappa shape index (κ2) is 9.98. The van der Waals surface area contributed by atoms with Crippen molar-refractivity contribution in [2.45, 2.75) is 6.92 Å². The van der Waals surface area contributed by atoms with Gasteiger partial charge in [-0.2, -0.15) is 0 Å². The molecule has 7 heteroatoms. The minimum absolute atomic E-state index is 0.0422. The normalized spacial score (nSPS) is 10.6. The molecule has 0 aliphatic heterocycles. The number of carbonyl (C=O) groups is 2. The van der Waals surface area contributed by atoms with E-state index in [1.807, 2.05) is 37.3 Å². The Bertz CT molecular complexity index is 1110. The summed E-state index contributed by atoms with van der Waals surface area (Å²) in [6.45, 7) is 2.44. The number of hydrogen-bond donors (Lipinski definition) is 1. The molecule has 0 aromatic heterocycles. The van der Waals surface area contributed by atoms with E-state index >= 15 is 0 Å². The van der Waals surface area contributed by atoms with Gasteiger partial charge < -0.3 is 10.2 Å². The van der Waals surface area contributed by atoms with Crippen molar-refractivity contribution >= 4 is 35.0 Å². The largest absolute Gasteiger partial charge is 0.323 e. The van der Waals surface area contributed by atoms with Gasteiger partial charge in [0.15, 0.2) is 0 Å². The van der Waals surface area contributed by atoms with Gasteiger partial charge in [0, 0.05) is 41.7 Å². The number of nitrogens with one attached hydrogen (secondary N) is 1. The van der Waals surface area contributed by atoms with Gasteiger partial charge in [-0.05, 0) is 55.0 Å². The second-order valence-electron chi connectivity index (χ2n) is 6.64. The van der Waals surface area contributed by atoms with Gasteiger partial charge in [-0.3, -0.25) is 19.7 Å². The van der Waals surface area contributed by atoms with Crippen LogP contribution in [0.5, 0.6) is 0 Å². The molecule has 0 saturated heterocycles. The molecule has 0 heterocycles. The Morgan fingerprint density at radius 2 is 1.71 bits per heavy atom. The molecule has 0 unspecified atom stereocenters. The molecule has 3 rings (SSSR count). The van der Waals surface area contributed by atoms with Crippen LogP contribution in [0.1, 0.15) is 22.8 Å². The summed E-state index contributed by atoms with van der Waals surface area (Å²) in [7, 11) is 0. The molecule has 0 aliphatic rings. The highest BCUT2D eigenvalue weighted by Gasteiger charge is 2.15. The molecule has 3 aromatic rings. The first-order valence-corrected chi connectivity index (χ1v) is 9.68. The lowest BCUT2D eigenvalue weighted by atomic mass is 10.1. The lowest BCUT2D eigenvalue weighted by Gasteiger charge is -2.21. The van der Waals surface area contributed by atoms with Crippen LogP contribution in [0.25, 0.3) is 6.08 Å². The molecule has 0 bridgehead atoms. The fraction of sp³-hybridized carbons (Fsp3) is 0.0833. The summed E-state index contributed by atoms with van der Waals surface area (Å²) in [6, 6.07) is 22.0. The van der Waals surface area contributed by atoms with Crippen molar-refractivity contribution in [2.75, 3.05) is 16.8 Å². The average Bonchev–Trinajstić information content (AvgIpc) is 2.79. The molecule has 0 radical (unpaired) electrons. The monoisotopic (exact) mass is 415 g/mol. The molecule has 0 atom stereocenters. The van der Waals surface area contributed by atoms with Gasteiger partial charge in [-0.1, -0.05) is 30.3 Å². The zero-order valence-electron chi connectivity index (χ0n) is 16.9. The highest BCUT2D eigenvalue weighted by molar-refractivity contribution is 6.07. The Hall–Kier alpha value is -4.26. The first-order chi connectivity index (χ1) is 15.0. The summed E-state index contributed by atoms with van der Waals surface area (Å²) in [5.41, 5.74) is 2.37. The van der Waals surface area contributed by atoms with Crippen LogP contribution >= 0.6 is 0 Å². The number of hydrogen-bond acceptors (Lipinski definition) is 4. The number of benzene rings is 3. The molecule has 0 saturated carbocycles. The summed E-state index contributed by atoms with van der Waals surface area (Å²) in [5, 5.41) is 13.5. The topological polar surface area (TPSA) is 92.6 Å². The zero-order valence-corrected chi connectivity index (χ0v) is 16.9. The third-order valence-corrected chi connectivity index (χ3v) is 4.54. The van der Waals surface area contributed by atoms with Crippen LogP contribution in [0.15, 0.2) is 84.9 Å². The summed E-state index contributed by atoms with van der Waals surface area (Å²) >= 11 is 0. The molecule has 7 nitrogen and oxygen atoms in total. The van der Waals surface area contributed by atoms with Crippen LogP contribution in [0, 0.1) is 10.1 Å². The van der Waals surface area contributed by atoms with Gasteiger partial charge in [-0.25, -0.2) is 0 Å². The first kappa shape index (κ1) is 21.4. The minimum Gasteiger partial charge on any atom is -0.323 e. The maximum absolute atomic E-state index is 12.8. The summed E-state index contributed by atoms with van der Waals surface area (Å²) in [5.74, 6) is -0.512. The van der Waals surface area contributed by atoms with E-state index in [2.05, 4.69) is 5.32 Å². The number of rotatable bonds is 7. The van der Waals surface area contributed by atoms with Crippen LogP contribution in [-0.2, 0) is 4.79 Å². The molecular formula is C24H21N3O4. The van der Waals surface area contributed by atoms with E-state index in [1.165, 1.54) is 24.3 Å². The number of nitro groups is 1. The van der Waals surface area contributed by atoms with Crippen molar-refractivity contribution in [3.63, 3.8) is 0 Å². The number of amides is 2. The van der Waals surface area contributed by atoms with Crippen LogP contribution in [0.2, 0.25) is 0 Å². The van der Waals surface area contributed by atoms with Gasteiger partial charge in [0.1, 0.15) is 0 Å². The van der Waals surface area contributed by atoms with Crippen molar-refractivity contribution in [2.24, 2.45) is 0 Å². The molecule has 31 heavy (non-hydrogen) atoms. The van der Waals surface area contributed by atoms with Gasteiger partial charge in [0.05, 0.1) is 4.92 Å². The number of nitro benzene ring substituents is 1. The fourth-order valence-corrected chi connectivity index (χ4v) is 3.00. The maximum atomic E-state index is 12.8. The number of para-hydroxylation sites is 1. The van der Waals surface area contributed by atoms with Gasteiger partial charge in [-0.15, -0.1) is 0 Å². The lowest BCUT2D eigenvalue weighted by molar-refractivity contribution is -0.384. The number of carbonyl (C=O) groups excluding carboxylic acids is 2. The predicted octanol–water partition coefficient (Wildman–Crippen LogP) is 4.91. The number of nitrogens with zero attached hydrogens (tertiary/aromatic N) is 2. The Balaban J connectivity index is 1.65. The van der Waals surface area contributed by atoms with Crippen LogP contribution in [0.3, 0.4) is 0 Å². The smallest absolute Gasteiger partial charge is 0.270 e. The molecule has 0 fully saturated rings. The van der Waals surface area contributed by atoms with E-state index in [0.717, 1.165) is 5.69 Å². The standard InChI is InChI=1S/C24H21N3O4/c1-2-26(21-8-4-3-5-9-21)24(29)19-12-14-20(15-13-19)25-23(28)16-11-18-7-6-10-22(17-18)27(30)31/h3-17H,2H2,1H3,(H,25,28)/b16-11+. The summed E-state index contributed by atoms with van der Waals surface area (Å²) in [6.07, 6.45) is 2.80. The van der Waals surface area contributed by atoms with E-state index in [1.54, 1.807) is 41.3 Å². The Morgan fingerprint density at radius 3 is 2.35 bits per heavy atom. The lowest BCUT2D eigenvalue weighted by Crippen LogP contribution is -2.30. The SMILES string of the molecule is CCN(C(=O)c1ccc(NC(=O)/C=C/c2cccc([N+](=O)[O-])c2)cc1)c1ccccc1. The Labute approximate surface area is 179 Å². The van der Waals surface area contributed by atoms with E-state index in [9.17, 15) is 19.7 Å². The molecule has 156 valence electrons. The molecule has 2 amide bonds. The van der Waals surface area contributed by atoms with Crippen LogP contribution in [0.4, 0.5) is 17.1 Å². The molecular weight excluding hydrogens is 394 g/mol. The van der Waals surface area contributed by atoms with Crippen molar-refractivity contribution in [1.82, 2.24) is 0 Å². The Morgan fingerprint density at radius 1 is 1.00 bits per heavy atom. The summed E-state index contributed by atoms with van der Waals surface area (Å²) < 4.78 is 0. The molecule has 0 aliphatic carbocycles. The van der Waals surface area contributed by atoms with Gasteiger partial charge in [0.2, 0.25) is 5.91 Å². The van der Waals surface area contributed by atoms with E-state index in [0.29, 0.717) is 23.4 Å². The van der Waals surface area contributed by atoms with Gasteiger partial charge >= 0.3 is 0 Å². The molecule has 1 N–H and O–H groups in total. The third-order valence-electron chi connectivity index (χ3n) is 4.54. The first-order valence-electron chi connectivity index (χ1n) is 9.68. The zero-order chi connectivity index (χ0) is 22.2. The quantitative estimate of drug-likeness (QED) is 0.337. The molecule has 0 spiro atoms. The summed E-state index contributed by atoms with van der Waals surface area (Å²) in [4.78, 5) is 37.0. The highest BCUT2D eigenvalue weighted by Crippen LogP contribution is 2.18. The van der Waals surface area contributed by atoms with E-state index in [4.69, 9.17) is 0 Å². The van der Waals surface area contributed by atoms with E-state index in [-0.39, 0.29) is 17.5 Å². The van der Waals surface area contributed by atoms with Gasteiger partial charge in [0.25, 0.3) is 11.6 Å². The third kappa shape index (κ3) is 5.63. The number of anilines is 2. The second-order valence-corrected chi connectivity index (χ2v) is 6.64. The van der Waals surface area contributed by atoms with Crippen LogP contribution in [-0.4, -0.2) is 23.3 Å². The maximum Gasteiger partial charge on any atom is 0.270 e. The van der Waals surface area contributed by atoms with Crippen molar-refractivity contribution in [3.05, 3.63) is 106 Å². The fourth-order valence-electron chi connectivity index (χ4n) is 3.00. The minimum atomic E-state index is -0.488. The van der Waals surface area contributed by atoms with E-state index < -0.39 is 4.92 Å². The van der Waals surface area contributed by atoms with Crippen molar-refractivity contribution in [1.29, 1.82) is 0 Å². The Kier molecular flexibility index (Phi) is 6.90. The molecule has 3 aromatic carbocycles.